The Kier molecular flexibility index (Phi) is 4.89. The smallest absolute Gasteiger partial charge is 0.277 e. The van der Waals surface area contributed by atoms with Gasteiger partial charge in [-0.1, -0.05) is 31.9 Å². The van der Waals surface area contributed by atoms with Crippen LogP contribution in [0.5, 0.6) is 5.75 Å². The summed E-state index contributed by atoms with van der Waals surface area (Å²) in [4.78, 5) is 10.4. The summed E-state index contributed by atoms with van der Waals surface area (Å²) in [7, 11) is 0. The molecule has 0 N–H and O–H groups in total. The molecule has 110 valence electrons. The average Bonchev–Trinajstić information content (AvgIpc) is 2.42. The van der Waals surface area contributed by atoms with Crippen LogP contribution in [0.25, 0.3) is 0 Å². The minimum atomic E-state index is -1.14. The fourth-order valence-electron chi connectivity index (χ4n) is 1.62. The molecule has 4 nitrogen and oxygen atoms in total. The lowest BCUT2D eigenvalue weighted by Crippen LogP contribution is -2.02. The molecule has 0 heterocycles. The van der Waals surface area contributed by atoms with E-state index in [4.69, 9.17) is 4.74 Å². The Morgan fingerprint density at radius 2 is 1.86 bits per heavy atom. The van der Waals surface area contributed by atoms with E-state index in [-0.39, 0.29) is 23.6 Å². The minimum Gasteiger partial charge on any atom is -0.485 e. The Labute approximate surface area is 135 Å². The molecule has 21 heavy (non-hydrogen) atoms. The normalized spacial score (nSPS) is 10.5. The molecule has 0 aliphatic heterocycles. The highest BCUT2D eigenvalue weighted by atomic mass is 79.9. The van der Waals surface area contributed by atoms with Gasteiger partial charge in [0.2, 0.25) is 5.82 Å². The van der Waals surface area contributed by atoms with Crippen LogP contribution in [0.2, 0.25) is 0 Å². The lowest BCUT2D eigenvalue weighted by Gasteiger charge is -2.09. The molecule has 2 aromatic rings. The first kappa shape index (κ1) is 15.8. The highest BCUT2D eigenvalue weighted by molar-refractivity contribution is 9.10. The standard InChI is InChI=1S/C13H7Br2F2NO3/c14-8-2-1-7(11(4-8)18(19)20)6-21-12-5-9(15)3-10(16)13(12)17/h1-5H,6H2. The van der Waals surface area contributed by atoms with Crippen LogP contribution >= 0.6 is 31.9 Å². The van der Waals surface area contributed by atoms with Crippen molar-refractivity contribution in [1.29, 1.82) is 0 Å². The van der Waals surface area contributed by atoms with E-state index >= 15 is 0 Å². The fraction of sp³-hybridized carbons (Fsp3) is 0.0769. The Balaban J connectivity index is 2.27. The van der Waals surface area contributed by atoms with Gasteiger partial charge in [-0.2, -0.15) is 4.39 Å². The Morgan fingerprint density at radius 1 is 1.14 bits per heavy atom. The monoisotopic (exact) mass is 421 g/mol. The highest BCUT2D eigenvalue weighted by Gasteiger charge is 2.17. The summed E-state index contributed by atoms with van der Waals surface area (Å²) >= 11 is 6.15. The van der Waals surface area contributed by atoms with Crippen molar-refractivity contribution in [3.8, 4) is 5.75 Å². The molecule has 0 bridgehead atoms. The zero-order valence-electron chi connectivity index (χ0n) is 10.3. The van der Waals surface area contributed by atoms with Gasteiger partial charge in [0.15, 0.2) is 11.6 Å². The summed E-state index contributed by atoms with van der Waals surface area (Å²) in [5, 5.41) is 10.9. The Hall–Kier alpha value is -1.54. The van der Waals surface area contributed by atoms with Gasteiger partial charge in [-0.15, -0.1) is 0 Å². The molecule has 0 fully saturated rings. The van der Waals surface area contributed by atoms with Gasteiger partial charge in [0, 0.05) is 15.0 Å². The molecule has 0 saturated heterocycles. The molecule has 0 aliphatic carbocycles. The van der Waals surface area contributed by atoms with Gasteiger partial charge in [-0.25, -0.2) is 4.39 Å². The second-order valence-corrected chi connectivity index (χ2v) is 5.85. The van der Waals surface area contributed by atoms with Crippen LogP contribution in [0, 0.1) is 21.7 Å². The number of benzene rings is 2. The molecule has 8 heteroatoms. The summed E-state index contributed by atoms with van der Waals surface area (Å²) in [6, 6.07) is 6.61. The van der Waals surface area contributed by atoms with E-state index in [0.29, 0.717) is 8.95 Å². The minimum absolute atomic E-state index is 0.166. The van der Waals surface area contributed by atoms with Gasteiger partial charge in [0.25, 0.3) is 5.69 Å². The maximum absolute atomic E-state index is 13.5. The van der Waals surface area contributed by atoms with Gasteiger partial charge < -0.3 is 4.74 Å². The summed E-state index contributed by atoms with van der Waals surface area (Å²) in [5.41, 5.74) is 0.0863. The number of nitro benzene ring substituents is 1. The van der Waals surface area contributed by atoms with E-state index in [1.54, 1.807) is 6.07 Å². The summed E-state index contributed by atoms with van der Waals surface area (Å²) in [5.74, 6) is -2.53. The van der Waals surface area contributed by atoms with Crippen molar-refractivity contribution in [2.45, 2.75) is 6.61 Å². The molecule has 0 aliphatic rings. The van der Waals surface area contributed by atoms with Crippen LogP contribution in [-0.4, -0.2) is 4.92 Å². The third kappa shape index (κ3) is 3.76. The highest BCUT2D eigenvalue weighted by Crippen LogP contribution is 2.28. The number of nitrogens with zero attached hydrogens (tertiary/aromatic N) is 1. The van der Waals surface area contributed by atoms with Gasteiger partial charge in [-0.05, 0) is 24.3 Å². The van der Waals surface area contributed by atoms with Crippen molar-refractivity contribution in [3.05, 3.63) is 66.6 Å². The third-order valence-electron chi connectivity index (χ3n) is 2.59. The van der Waals surface area contributed by atoms with E-state index in [0.717, 1.165) is 6.07 Å². The van der Waals surface area contributed by atoms with Crippen LogP contribution in [0.4, 0.5) is 14.5 Å². The van der Waals surface area contributed by atoms with E-state index in [1.807, 2.05) is 0 Å². The number of ether oxygens (including phenoxy) is 1. The average molecular weight is 423 g/mol. The van der Waals surface area contributed by atoms with Gasteiger partial charge >= 0.3 is 0 Å². The Bertz CT molecular complexity index is 710. The topological polar surface area (TPSA) is 52.4 Å². The molecule has 0 radical (unpaired) electrons. The maximum Gasteiger partial charge on any atom is 0.277 e. The van der Waals surface area contributed by atoms with Gasteiger partial charge in [0.05, 0.1) is 10.5 Å². The van der Waals surface area contributed by atoms with Crippen LogP contribution in [0.15, 0.2) is 39.3 Å². The lowest BCUT2D eigenvalue weighted by molar-refractivity contribution is -0.385. The zero-order chi connectivity index (χ0) is 15.6. The summed E-state index contributed by atoms with van der Waals surface area (Å²) in [6.45, 7) is -0.254. The molecule has 0 saturated carbocycles. The Morgan fingerprint density at radius 3 is 2.52 bits per heavy atom. The number of halogens is 4. The molecule has 2 rings (SSSR count). The number of nitro groups is 1. The molecule has 0 amide bonds. The SMILES string of the molecule is O=[N+]([O-])c1cc(Br)ccc1COc1cc(Br)cc(F)c1F. The zero-order valence-corrected chi connectivity index (χ0v) is 13.4. The van der Waals surface area contributed by atoms with Crippen LogP contribution in [-0.2, 0) is 6.61 Å². The van der Waals surface area contributed by atoms with Crippen molar-refractivity contribution >= 4 is 37.5 Å². The lowest BCUT2D eigenvalue weighted by atomic mass is 10.2. The van der Waals surface area contributed by atoms with Crippen LogP contribution < -0.4 is 4.74 Å². The van der Waals surface area contributed by atoms with Crippen LogP contribution in [0.3, 0.4) is 0 Å². The number of hydrogen-bond acceptors (Lipinski definition) is 3. The molecule has 2 aromatic carbocycles. The van der Waals surface area contributed by atoms with Crippen molar-refractivity contribution in [1.82, 2.24) is 0 Å². The van der Waals surface area contributed by atoms with Crippen molar-refractivity contribution in [2.24, 2.45) is 0 Å². The van der Waals surface area contributed by atoms with Gasteiger partial charge in [0.1, 0.15) is 6.61 Å². The largest absolute Gasteiger partial charge is 0.485 e. The first-order chi connectivity index (χ1) is 9.88. The van der Waals surface area contributed by atoms with Gasteiger partial charge in [-0.3, -0.25) is 10.1 Å². The summed E-state index contributed by atoms with van der Waals surface area (Å²) < 4.78 is 32.8. The predicted octanol–water partition coefficient (Wildman–Crippen LogP) is 4.98. The molecule has 0 spiro atoms. The molecular formula is C13H7Br2F2NO3. The van der Waals surface area contributed by atoms with Crippen molar-refractivity contribution < 1.29 is 18.4 Å². The molecular weight excluding hydrogens is 416 g/mol. The van der Waals surface area contributed by atoms with Crippen LogP contribution in [0.1, 0.15) is 5.56 Å². The van der Waals surface area contributed by atoms with Crippen molar-refractivity contribution in [3.63, 3.8) is 0 Å². The van der Waals surface area contributed by atoms with E-state index in [2.05, 4.69) is 31.9 Å². The third-order valence-corrected chi connectivity index (χ3v) is 3.54. The maximum atomic E-state index is 13.5. The molecule has 0 unspecified atom stereocenters. The first-order valence-electron chi connectivity index (χ1n) is 5.58. The van der Waals surface area contributed by atoms with E-state index in [9.17, 15) is 18.9 Å². The number of hydrogen-bond donors (Lipinski definition) is 0. The first-order valence-corrected chi connectivity index (χ1v) is 7.17. The summed E-state index contributed by atoms with van der Waals surface area (Å²) in [6.07, 6.45) is 0. The van der Waals surface area contributed by atoms with E-state index in [1.165, 1.54) is 18.2 Å². The van der Waals surface area contributed by atoms with Crippen molar-refractivity contribution in [2.75, 3.05) is 0 Å². The number of rotatable bonds is 4. The quantitative estimate of drug-likeness (QED) is 0.396. The fourth-order valence-corrected chi connectivity index (χ4v) is 2.38. The molecule has 0 atom stereocenters. The second kappa shape index (κ2) is 6.48. The molecule has 0 aromatic heterocycles. The predicted molar refractivity (Wildman–Crippen MR) is 79.2 cm³/mol. The van der Waals surface area contributed by atoms with E-state index < -0.39 is 16.6 Å². The second-order valence-electron chi connectivity index (χ2n) is 4.02.